The van der Waals surface area contributed by atoms with Gasteiger partial charge in [-0.25, -0.2) is 4.39 Å². The molecule has 1 unspecified atom stereocenters. The van der Waals surface area contributed by atoms with Gasteiger partial charge in [0.1, 0.15) is 18.8 Å². The van der Waals surface area contributed by atoms with Crippen molar-refractivity contribution in [2.45, 2.75) is 63.3 Å². The first-order valence-electron chi connectivity index (χ1n) is 15.6. The number of piperidine rings is 1. The number of alkyl halides is 1. The van der Waals surface area contributed by atoms with Gasteiger partial charge in [0.25, 0.3) is 11.8 Å². The molecular formula is C33H34FN7O6. The fourth-order valence-corrected chi connectivity index (χ4v) is 6.39. The summed E-state index contributed by atoms with van der Waals surface area (Å²) < 4.78 is 16.1. The predicted octanol–water partition coefficient (Wildman–Crippen LogP) is 2.55. The topological polar surface area (TPSA) is 172 Å². The summed E-state index contributed by atoms with van der Waals surface area (Å²) in [5.74, 6) is -2.37. The van der Waals surface area contributed by atoms with Gasteiger partial charge in [-0.1, -0.05) is 18.2 Å². The van der Waals surface area contributed by atoms with Gasteiger partial charge in [0.05, 0.1) is 23.4 Å². The van der Waals surface area contributed by atoms with Crippen LogP contribution in [0.5, 0.6) is 0 Å². The molecule has 1 aromatic heterocycles. The third-order valence-corrected chi connectivity index (χ3v) is 8.74. The van der Waals surface area contributed by atoms with E-state index in [-0.39, 0.29) is 48.9 Å². The van der Waals surface area contributed by atoms with Crippen LogP contribution in [0.3, 0.4) is 0 Å². The van der Waals surface area contributed by atoms with E-state index in [2.05, 4.69) is 26.4 Å². The van der Waals surface area contributed by atoms with Crippen LogP contribution in [-0.2, 0) is 25.7 Å². The number of halogens is 1. The number of aromatic nitrogens is 2. The van der Waals surface area contributed by atoms with Crippen LogP contribution in [0.25, 0.3) is 11.1 Å². The minimum atomic E-state index is -1.16. The van der Waals surface area contributed by atoms with Crippen LogP contribution in [0.15, 0.2) is 48.8 Å². The summed E-state index contributed by atoms with van der Waals surface area (Å²) in [7, 11) is 0. The first-order chi connectivity index (χ1) is 22.7. The number of unbranched alkanes of at least 4 members (excludes halogenated alkanes) is 2. The Morgan fingerprint density at radius 2 is 1.85 bits per heavy atom. The Bertz CT molecular complexity index is 1760. The molecule has 6 rings (SSSR count). The molecule has 6 amide bonds. The highest BCUT2D eigenvalue weighted by Crippen LogP contribution is 2.42. The number of nitrogens with zero attached hydrogens (tertiary/aromatic N) is 3. The number of anilines is 1. The summed E-state index contributed by atoms with van der Waals surface area (Å²) >= 11 is 0. The number of carbonyl (C=O) groups is 6. The van der Waals surface area contributed by atoms with Crippen molar-refractivity contribution >= 4 is 41.6 Å². The molecule has 1 fully saturated rings. The highest BCUT2D eigenvalue weighted by atomic mass is 19.1. The Labute approximate surface area is 269 Å². The Morgan fingerprint density at radius 1 is 1.02 bits per heavy atom. The third-order valence-electron chi connectivity index (χ3n) is 8.74. The zero-order valence-electron chi connectivity index (χ0n) is 25.5. The molecule has 2 aromatic carbocycles. The van der Waals surface area contributed by atoms with Crippen molar-refractivity contribution in [3.05, 3.63) is 71.0 Å². The second-order valence-corrected chi connectivity index (χ2v) is 11.8. The van der Waals surface area contributed by atoms with Crippen LogP contribution in [0.2, 0.25) is 0 Å². The lowest BCUT2D eigenvalue weighted by atomic mass is 10.0. The molecule has 0 saturated carbocycles. The van der Waals surface area contributed by atoms with Crippen LogP contribution in [-0.4, -0.2) is 69.8 Å². The summed E-state index contributed by atoms with van der Waals surface area (Å²) in [4.78, 5) is 74.3. The van der Waals surface area contributed by atoms with Crippen LogP contribution in [0.1, 0.15) is 82.6 Å². The number of hydrogen-bond donors (Lipinski definition) is 4. The van der Waals surface area contributed by atoms with Gasteiger partial charge >= 0.3 is 0 Å². The zero-order chi connectivity index (χ0) is 33.1. The molecule has 0 radical (unpaired) electrons. The minimum absolute atomic E-state index is 0.0330. The SMILES string of the molecule is O=CN[C@H]1C[C@@H](F)c2cc(-c3cnn(CC(=O)NCCCCCNc4cccc5c4C(=O)N(C4CCC(=O)NC4=O)C5=O)c3)ccc21. The molecule has 244 valence electrons. The second kappa shape index (κ2) is 13.5. The van der Waals surface area contributed by atoms with Gasteiger partial charge in [-0.2, -0.15) is 5.10 Å². The van der Waals surface area contributed by atoms with Crippen molar-refractivity contribution in [3.63, 3.8) is 0 Å². The second-order valence-electron chi connectivity index (χ2n) is 11.8. The Balaban J connectivity index is 0.928. The molecule has 47 heavy (non-hydrogen) atoms. The normalized spacial score (nSPS) is 20.1. The molecule has 3 heterocycles. The first kappa shape index (κ1) is 31.6. The maximum Gasteiger partial charge on any atom is 0.264 e. The Morgan fingerprint density at radius 3 is 2.66 bits per heavy atom. The van der Waals surface area contributed by atoms with Crippen molar-refractivity contribution in [1.82, 2.24) is 30.6 Å². The van der Waals surface area contributed by atoms with E-state index < -0.39 is 35.8 Å². The largest absolute Gasteiger partial charge is 0.384 e. The number of benzene rings is 2. The van der Waals surface area contributed by atoms with Gasteiger partial charge in [-0.3, -0.25) is 43.7 Å². The number of carbonyl (C=O) groups excluding carboxylic acids is 6. The van der Waals surface area contributed by atoms with Crippen molar-refractivity contribution in [1.29, 1.82) is 0 Å². The quantitative estimate of drug-likeness (QED) is 0.125. The van der Waals surface area contributed by atoms with Crippen LogP contribution >= 0.6 is 0 Å². The molecule has 0 spiro atoms. The number of imide groups is 2. The molecule has 3 atom stereocenters. The average molecular weight is 644 g/mol. The molecule has 13 nitrogen and oxygen atoms in total. The van der Waals surface area contributed by atoms with E-state index in [1.807, 2.05) is 12.1 Å². The fourth-order valence-electron chi connectivity index (χ4n) is 6.39. The van der Waals surface area contributed by atoms with E-state index in [0.29, 0.717) is 30.8 Å². The number of rotatable bonds is 13. The molecule has 0 bridgehead atoms. The number of amides is 6. The summed E-state index contributed by atoms with van der Waals surface area (Å²) in [6.07, 6.45) is 5.41. The summed E-state index contributed by atoms with van der Waals surface area (Å²) in [6, 6.07) is 9.02. The van der Waals surface area contributed by atoms with Gasteiger partial charge in [0, 0.05) is 43.4 Å². The van der Waals surface area contributed by atoms with Crippen molar-refractivity contribution < 1.29 is 33.2 Å². The molecule has 1 saturated heterocycles. The van der Waals surface area contributed by atoms with Crippen molar-refractivity contribution in [2.75, 3.05) is 18.4 Å². The van der Waals surface area contributed by atoms with Gasteiger partial charge in [-0.05, 0) is 60.6 Å². The van der Waals surface area contributed by atoms with Crippen molar-refractivity contribution in [2.24, 2.45) is 0 Å². The van der Waals surface area contributed by atoms with Crippen LogP contribution in [0.4, 0.5) is 10.1 Å². The van der Waals surface area contributed by atoms with Gasteiger partial charge in [0.2, 0.25) is 24.1 Å². The fraction of sp³-hybridized carbons (Fsp3) is 0.364. The first-order valence-corrected chi connectivity index (χ1v) is 15.6. The van der Waals surface area contributed by atoms with Gasteiger partial charge < -0.3 is 16.0 Å². The van der Waals surface area contributed by atoms with Gasteiger partial charge in [0.15, 0.2) is 0 Å². The number of fused-ring (bicyclic) bond motifs is 2. The lowest BCUT2D eigenvalue weighted by molar-refractivity contribution is -0.136. The molecule has 3 aliphatic rings. The maximum absolute atomic E-state index is 14.5. The standard InChI is InChI=1S/C33H34FN7O6/c34-24-14-26(37-18-42)21-8-7-19(13-23(21)24)20-15-38-40(16-20)17-29(44)36-12-3-1-2-11-35-25-6-4-5-22-30(25)33(47)41(32(22)46)27-9-10-28(43)39-31(27)45/h4-8,13,15-16,18,24,26-27,35H,1-3,9-12,14,17H2,(H,36,44)(H,37,42)(H,39,43,45)/t24-,26+,27?/m1/s1. The monoisotopic (exact) mass is 643 g/mol. The average Bonchev–Trinajstić information content (AvgIpc) is 3.71. The van der Waals surface area contributed by atoms with Crippen LogP contribution < -0.4 is 21.3 Å². The summed E-state index contributed by atoms with van der Waals surface area (Å²) in [5, 5.41) is 15.2. The molecular weight excluding hydrogens is 609 g/mol. The molecule has 14 heteroatoms. The number of hydrogen-bond acceptors (Lipinski definition) is 8. The number of nitrogens with one attached hydrogen (secondary N) is 4. The Kier molecular flexibility index (Phi) is 9.09. The summed E-state index contributed by atoms with van der Waals surface area (Å²) in [5.41, 5.74) is 3.80. The smallest absolute Gasteiger partial charge is 0.264 e. The zero-order valence-corrected chi connectivity index (χ0v) is 25.5. The van der Waals surface area contributed by atoms with Gasteiger partial charge in [-0.15, -0.1) is 0 Å². The van der Waals surface area contributed by atoms with E-state index in [0.717, 1.165) is 40.9 Å². The highest BCUT2D eigenvalue weighted by Gasteiger charge is 2.45. The van der Waals surface area contributed by atoms with Crippen molar-refractivity contribution in [3.8, 4) is 11.1 Å². The highest BCUT2D eigenvalue weighted by molar-refractivity contribution is 6.25. The molecule has 3 aromatic rings. The van der Waals surface area contributed by atoms with Crippen LogP contribution in [0, 0.1) is 0 Å². The van der Waals surface area contributed by atoms with E-state index in [1.54, 1.807) is 36.7 Å². The van der Waals surface area contributed by atoms with E-state index in [4.69, 9.17) is 0 Å². The third kappa shape index (κ3) is 6.48. The summed E-state index contributed by atoms with van der Waals surface area (Å²) in [6.45, 7) is 1.03. The lowest BCUT2D eigenvalue weighted by Gasteiger charge is -2.27. The Hall–Kier alpha value is -5.40. The molecule has 1 aliphatic carbocycles. The minimum Gasteiger partial charge on any atom is -0.384 e. The lowest BCUT2D eigenvalue weighted by Crippen LogP contribution is -2.54. The predicted molar refractivity (Wildman–Crippen MR) is 167 cm³/mol. The molecule has 4 N–H and O–H groups in total. The van der Waals surface area contributed by atoms with E-state index in [9.17, 15) is 33.2 Å². The van der Waals surface area contributed by atoms with E-state index >= 15 is 0 Å². The molecule has 2 aliphatic heterocycles. The maximum atomic E-state index is 14.5. The van der Waals surface area contributed by atoms with E-state index in [1.165, 1.54) is 4.68 Å².